The van der Waals surface area contributed by atoms with Gasteiger partial charge in [0, 0.05) is 13.7 Å². The Hall–Kier alpha value is -1.30. The maximum Gasteiger partial charge on any atom is 0.315 e. The first-order chi connectivity index (χ1) is 8.00. The Morgan fingerprint density at radius 3 is 2.53 bits per heavy atom. The summed E-state index contributed by atoms with van der Waals surface area (Å²) in [5, 5.41) is 14.4. The van der Waals surface area contributed by atoms with E-state index in [0.29, 0.717) is 19.4 Å². The molecule has 0 aromatic carbocycles. The molecule has 98 valence electrons. The van der Waals surface area contributed by atoms with Crippen LogP contribution in [0.25, 0.3) is 0 Å². The second-order valence-corrected chi connectivity index (χ2v) is 4.62. The van der Waals surface area contributed by atoms with Crippen LogP contribution >= 0.6 is 0 Å². The zero-order valence-corrected chi connectivity index (χ0v) is 10.3. The molecule has 1 fully saturated rings. The minimum Gasteiger partial charge on any atom is -0.481 e. The molecular weight excluding hydrogens is 224 g/mol. The molecule has 17 heavy (non-hydrogen) atoms. The van der Waals surface area contributed by atoms with Gasteiger partial charge in [-0.1, -0.05) is 6.42 Å². The van der Waals surface area contributed by atoms with E-state index < -0.39 is 11.4 Å². The summed E-state index contributed by atoms with van der Waals surface area (Å²) in [6.45, 7) is 2.44. The van der Waals surface area contributed by atoms with Gasteiger partial charge in [0.25, 0.3) is 0 Å². The van der Waals surface area contributed by atoms with E-state index in [1.807, 2.05) is 6.92 Å². The highest BCUT2D eigenvalue weighted by Gasteiger charge is 2.44. The second kappa shape index (κ2) is 5.86. The van der Waals surface area contributed by atoms with Gasteiger partial charge in [-0.15, -0.1) is 0 Å². The van der Waals surface area contributed by atoms with Gasteiger partial charge in [0.1, 0.15) is 0 Å². The van der Waals surface area contributed by atoms with Crippen molar-refractivity contribution in [1.29, 1.82) is 0 Å². The van der Waals surface area contributed by atoms with Crippen LogP contribution in [-0.2, 0) is 9.53 Å². The van der Waals surface area contributed by atoms with Crippen LogP contribution in [0.15, 0.2) is 0 Å². The number of hydrogen-bond acceptors (Lipinski definition) is 3. The largest absolute Gasteiger partial charge is 0.481 e. The zero-order valence-electron chi connectivity index (χ0n) is 10.3. The van der Waals surface area contributed by atoms with Crippen LogP contribution in [0.3, 0.4) is 0 Å². The van der Waals surface area contributed by atoms with Gasteiger partial charge in [-0.05, 0) is 19.8 Å². The van der Waals surface area contributed by atoms with E-state index in [-0.39, 0.29) is 18.6 Å². The molecule has 2 amide bonds. The highest BCUT2D eigenvalue weighted by molar-refractivity contribution is 5.78. The number of hydrogen-bond donors (Lipinski definition) is 3. The summed E-state index contributed by atoms with van der Waals surface area (Å²) in [6.07, 6.45) is 2.18. The molecule has 1 unspecified atom stereocenters. The smallest absolute Gasteiger partial charge is 0.315 e. The third-order valence-electron chi connectivity index (χ3n) is 3.15. The van der Waals surface area contributed by atoms with Crippen LogP contribution in [0.1, 0.15) is 26.2 Å². The number of rotatable bonds is 6. The average Bonchev–Trinajstić information content (AvgIpc) is 2.15. The lowest BCUT2D eigenvalue weighted by atomic mass is 9.69. The molecule has 6 heteroatoms. The number of amides is 2. The topological polar surface area (TPSA) is 87.7 Å². The Labute approximate surface area is 101 Å². The number of urea groups is 1. The molecule has 0 spiro atoms. The van der Waals surface area contributed by atoms with Crippen molar-refractivity contribution < 1.29 is 19.4 Å². The Bertz CT molecular complexity index is 289. The fourth-order valence-corrected chi connectivity index (χ4v) is 1.89. The summed E-state index contributed by atoms with van der Waals surface area (Å²) in [7, 11) is 1.56. The summed E-state index contributed by atoms with van der Waals surface area (Å²) in [5.41, 5.74) is -0.748. The molecule has 0 saturated heterocycles. The number of methoxy groups -OCH3 is 1. The SMILES string of the molecule is COCC(C)NC(=O)NCC1(C(=O)O)CCC1. The first-order valence-electron chi connectivity index (χ1n) is 5.77. The van der Waals surface area contributed by atoms with Crippen molar-refractivity contribution in [2.24, 2.45) is 5.41 Å². The third-order valence-corrected chi connectivity index (χ3v) is 3.15. The van der Waals surface area contributed by atoms with Crippen molar-refractivity contribution >= 4 is 12.0 Å². The standard InChI is InChI=1S/C11H20N2O4/c1-8(6-17-2)13-10(16)12-7-11(9(14)15)4-3-5-11/h8H,3-7H2,1-2H3,(H,14,15)(H2,12,13,16). The van der Waals surface area contributed by atoms with Gasteiger partial charge in [-0.3, -0.25) is 4.79 Å². The summed E-state index contributed by atoms with van der Waals surface area (Å²) in [6, 6.07) is -0.441. The fraction of sp³-hybridized carbons (Fsp3) is 0.818. The maximum atomic E-state index is 11.5. The van der Waals surface area contributed by atoms with Gasteiger partial charge in [-0.2, -0.15) is 0 Å². The van der Waals surface area contributed by atoms with Crippen LogP contribution in [0.5, 0.6) is 0 Å². The van der Waals surface area contributed by atoms with Crippen LogP contribution < -0.4 is 10.6 Å². The fourth-order valence-electron chi connectivity index (χ4n) is 1.89. The molecule has 0 aromatic heterocycles. The molecule has 1 aliphatic carbocycles. The molecule has 1 atom stereocenters. The minimum absolute atomic E-state index is 0.0952. The zero-order chi connectivity index (χ0) is 12.9. The Kier molecular flexibility index (Phi) is 4.74. The van der Waals surface area contributed by atoms with Crippen LogP contribution in [0.2, 0.25) is 0 Å². The Morgan fingerprint density at radius 1 is 1.47 bits per heavy atom. The molecule has 0 heterocycles. The molecule has 0 radical (unpaired) electrons. The molecular formula is C11H20N2O4. The molecule has 0 bridgehead atoms. The normalized spacial score (nSPS) is 18.9. The number of nitrogens with one attached hydrogen (secondary N) is 2. The molecule has 1 aliphatic rings. The molecule has 0 aliphatic heterocycles. The summed E-state index contributed by atoms with van der Waals surface area (Å²) >= 11 is 0. The van der Waals surface area contributed by atoms with Crippen molar-refractivity contribution in [2.75, 3.05) is 20.3 Å². The summed E-state index contributed by atoms with van der Waals surface area (Å²) in [4.78, 5) is 22.5. The lowest BCUT2D eigenvalue weighted by molar-refractivity contribution is -0.153. The first-order valence-corrected chi connectivity index (χ1v) is 5.77. The predicted molar refractivity (Wildman–Crippen MR) is 61.8 cm³/mol. The predicted octanol–water partition coefficient (Wildman–Crippen LogP) is 0.575. The average molecular weight is 244 g/mol. The molecule has 6 nitrogen and oxygen atoms in total. The highest BCUT2D eigenvalue weighted by Crippen LogP contribution is 2.40. The molecule has 3 N–H and O–H groups in total. The maximum absolute atomic E-state index is 11.5. The molecule has 1 rings (SSSR count). The number of ether oxygens (including phenoxy) is 1. The Balaban J connectivity index is 2.30. The van der Waals surface area contributed by atoms with Gasteiger partial charge >= 0.3 is 12.0 Å². The molecule has 1 saturated carbocycles. The Morgan fingerprint density at radius 2 is 2.12 bits per heavy atom. The van der Waals surface area contributed by atoms with Crippen molar-refractivity contribution in [3.8, 4) is 0 Å². The van der Waals surface area contributed by atoms with Gasteiger partial charge in [0.2, 0.25) is 0 Å². The number of carboxylic acids is 1. The van der Waals surface area contributed by atoms with Gasteiger partial charge in [0.05, 0.1) is 18.1 Å². The van der Waals surface area contributed by atoms with Crippen molar-refractivity contribution in [2.45, 2.75) is 32.2 Å². The van der Waals surface area contributed by atoms with Crippen molar-refractivity contribution in [3.63, 3.8) is 0 Å². The number of carboxylic acid groups (broad SMARTS) is 1. The van der Waals surface area contributed by atoms with E-state index in [9.17, 15) is 9.59 Å². The van der Waals surface area contributed by atoms with Gasteiger partial charge < -0.3 is 20.5 Å². The van der Waals surface area contributed by atoms with Crippen molar-refractivity contribution in [1.82, 2.24) is 10.6 Å². The third kappa shape index (κ3) is 3.59. The van der Waals surface area contributed by atoms with Crippen LogP contribution in [0, 0.1) is 5.41 Å². The number of carbonyl (C=O) groups is 2. The number of aliphatic carboxylic acids is 1. The van der Waals surface area contributed by atoms with E-state index in [1.165, 1.54) is 0 Å². The number of carbonyl (C=O) groups excluding carboxylic acids is 1. The summed E-state index contributed by atoms with van der Waals surface area (Å²) in [5.74, 6) is -0.825. The lowest BCUT2D eigenvalue weighted by Crippen LogP contribution is -2.51. The minimum atomic E-state index is -0.825. The van der Waals surface area contributed by atoms with E-state index >= 15 is 0 Å². The summed E-state index contributed by atoms with van der Waals surface area (Å²) < 4.78 is 4.88. The van der Waals surface area contributed by atoms with E-state index in [1.54, 1.807) is 7.11 Å². The first kappa shape index (κ1) is 13.8. The van der Waals surface area contributed by atoms with Gasteiger partial charge in [0.15, 0.2) is 0 Å². The second-order valence-electron chi connectivity index (χ2n) is 4.62. The van der Waals surface area contributed by atoms with Crippen molar-refractivity contribution in [3.05, 3.63) is 0 Å². The van der Waals surface area contributed by atoms with Gasteiger partial charge in [-0.25, -0.2) is 4.79 Å². The van der Waals surface area contributed by atoms with Crippen LogP contribution in [0.4, 0.5) is 4.79 Å². The monoisotopic (exact) mass is 244 g/mol. The van der Waals surface area contributed by atoms with Crippen LogP contribution in [-0.4, -0.2) is 43.4 Å². The lowest BCUT2D eigenvalue weighted by Gasteiger charge is -2.37. The van der Waals surface area contributed by atoms with E-state index in [2.05, 4.69) is 10.6 Å². The van der Waals surface area contributed by atoms with E-state index in [4.69, 9.17) is 9.84 Å². The quantitative estimate of drug-likeness (QED) is 0.637. The molecule has 0 aromatic rings. The highest BCUT2D eigenvalue weighted by atomic mass is 16.5. The van der Waals surface area contributed by atoms with E-state index in [0.717, 1.165) is 6.42 Å².